The minimum Gasteiger partial charge on any atom is -0.356 e. The molecule has 1 rings (SSSR count). The highest BCUT2D eigenvalue weighted by molar-refractivity contribution is 6.28. The Morgan fingerprint density at radius 2 is 1.86 bits per heavy atom. The Morgan fingerprint density at radius 3 is 2.43 bits per heavy atom. The van der Waals surface area contributed by atoms with Gasteiger partial charge in [-0.15, -0.1) is 11.6 Å². The summed E-state index contributed by atoms with van der Waals surface area (Å²) in [5, 5.41) is 6.79. The van der Waals surface area contributed by atoms with Crippen molar-refractivity contribution in [2.24, 2.45) is 11.8 Å². The van der Waals surface area contributed by atoms with E-state index in [4.69, 9.17) is 11.6 Å². The SMILES string of the molecule is CC(C)CC(=O)NCCC(=O)N1NCCCC1C(=O)NC(C(=O)CCl)C(C)C. The van der Waals surface area contributed by atoms with Crippen molar-refractivity contribution in [3.8, 4) is 0 Å². The molecule has 0 spiro atoms. The van der Waals surface area contributed by atoms with Crippen molar-refractivity contribution in [3.05, 3.63) is 0 Å². The maximum absolute atomic E-state index is 12.7. The highest BCUT2D eigenvalue weighted by Gasteiger charge is 2.34. The normalized spacial score (nSPS) is 18.1. The number of nitrogens with one attached hydrogen (secondary N) is 3. The molecule has 2 atom stereocenters. The molecule has 0 radical (unpaired) electrons. The van der Waals surface area contributed by atoms with E-state index < -0.39 is 12.1 Å². The second kappa shape index (κ2) is 12.0. The van der Waals surface area contributed by atoms with Crippen LogP contribution in [0.2, 0.25) is 0 Å². The Morgan fingerprint density at radius 1 is 1.18 bits per heavy atom. The number of ketones is 1. The summed E-state index contributed by atoms with van der Waals surface area (Å²) in [6.45, 7) is 8.37. The minimum atomic E-state index is -0.697. The zero-order valence-electron chi connectivity index (χ0n) is 17.2. The highest BCUT2D eigenvalue weighted by Crippen LogP contribution is 2.14. The third-order valence-corrected chi connectivity index (χ3v) is 4.78. The zero-order valence-corrected chi connectivity index (χ0v) is 18.0. The predicted molar refractivity (Wildman–Crippen MR) is 107 cm³/mol. The minimum absolute atomic E-state index is 0.0921. The predicted octanol–water partition coefficient (Wildman–Crippen LogP) is 0.983. The molecule has 1 saturated heterocycles. The first-order valence-electron chi connectivity index (χ1n) is 9.88. The van der Waals surface area contributed by atoms with Crippen LogP contribution in [0.4, 0.5) is 0 Å². The lowest BCUT2D eigenvalue weighted by Gasteiger charge is -2.36. The van der Waals surface area contributed by atoms with Gasteiger partial charge < -0.3 is 10.6 Å². The van der Waals surface area contributed by atoms with Crippen LogP contribution in [-0.4, -0.2) is 59.6 Å². The molecule has 0 aromatic heterocycles. The van der Waals surface area contributed by atoms with Gasteiger partial charge in [-0.2, -0.15) is 0 Å². The number of amides is 3. The van der Waals surface area contributed by atoms with Gasteiger partial charge in [-0.25, -0.2) is 5.43 Å². The summed E-state index contributed by atoms with van der Waals surface area (Å²) >= 11 is 5.64. The molecule has 1 fully saturated rings. The van der Waals surface area contributed by atoms with Gasteiger partial charge in [0.2, 0.25) is 17.7 Å². The van der Waals surface area contributed by atoms with Gasteiger partial charge in [-0.1, -0.05) is 27.7 Å². The average molecular weight is 417 g/mol. The Kier molecular flexibility index (Phi) is 10.5. The summed E-state index contributed by atoms with van der Waals surface area (Å²) in [5.41, 5.74) is 2.97. The summed E-state index contributed by atoms with van der Waals surface area (Å²) in [6.07, 6.45) is 1.74. The van der Waals surface area contributed by atoms with Crippen LogP contribution in [0.3, 0.4) is 0 Å². The number of hydrazine groups is 1. The molecule has 1 aliphatic heterocycles. The molecule has 0 saturated carbocycles. The second-order valence-electron chi connectivity index (χ2n) is 7.86. The molecule has 2 unspecified atom stereocenters. The molecule has 9 heteroatoms. The van der Waals surface area contributed by atoms with Crippen molar-refractivity contribution in [2.45, 2.75) is 65.5 Å². The number of carbonyl (C=O) groups excluding carboxylic acids is 4. The number of hydrogen-bond donors (Lipinski definition) is 3. The Labute approximate surface area is 172 Å². The maximum atomic E-state index is 12.7. The van der Waals surface area contributed by atoms with Crippen LogP contribution in [0, 0.1) is 11.8 Å². The lowest BCUT2D eigenvalue weighted by molar-refractivity contribution is -0.147. The van der Waals surface area contributed by atoms with Crippen molar-refractivity contribution in [1.82, 2.24) is 21.1 Å². The molecule has 0 aromatic rings. The van der Waals surface area contributed by atoms with Gasteiger partial charge in [0.25, 0.3) is 0 Å². The molecule has 8 nitrogen and oxygen atoms in total. The number of nitrogens with zero attached hydrogens (tertiary/aromatic N) is 1. The Hall–Kier alpha value is -1.67. The van der Waals surface area contributed by atoms with Crippen molar-refractivity contribution in [2.75, 3.05) is 19.0 Å². The van der Waals surface area contributed by atoms with Crippen LogP contribution in [-0.2, 0) is 19.2 Å². The zero-order chi connectivity index (χ0) is 21.3. The second-order valence-corrected chi connectivity index (χ2v) is 8.13. The lowest BCUT2D eigenvalue weighted by atomic mass is 9.99. The molecule has 1 aliphatic rings. The number of halogens is 1. The van der Waals surface area contributed by atoms with Crippen LogP contribution in [0.5, 0.6) is 0 Å². The Balaban J connectivity index is 2.66. The van der Waals surface area contributed by atoms with E-state index in [-0.39, 0.29) is 54.2 Å². The first kappa shape index (κ1) is 24.4. The van der Waals surface area contributed by atoms with Crippen LogP contribution in [0.1, 0.15) is 53.4 Å². The van der Waals surface area contributed by atoms with E-state index in [0.29, 0.717) is 19.4 Å². The summed E-state index contributed by atoms with van der Waals surface area (Å²) in [5.74, 6) is -1.02. The fourth-order valence-corrected chi connectivity index (χ4v) is 3.23. The van der Waals surface area contributed by atoms with Gasteiger partial charge in [0.05, 0.1) is 11.9 Å². The highest BCUT2D eigenvalue weighted by atomic mass is 35.5. The van der Waals surface area contributed by atoms with Crippen LogP contribution in [0.25, 0.3) is 0 Å². The van der Waals surface area contributed by atoms with Crippen LogP contribution < -0.4 is 16.1 Å². The van der Waals surface area contributed by atoms with E-state index in [0.717, 1.165) is 6.42 Å². The molecule has 160 valence electrons. The molecule has 28 heavy (non-hydrogen) atoms. The molecular formula is C19H33ClN4O4. The maximum Gasteiger partial charge on any atom is 0.245 e. The average Bonchev–Trinajstić information content (AvgIpc) is 2.64. The van der Waals surface area contributed by atoms with E-state index >= 15 is 0 Å². The van der Waals surface area contributed by atoms with E-state index in [2.05, 4.69) is 16.1 Å². The largest absolute Gasteiger partial charge is 0.356 e. The Bertz CT molecular complexity index is 568. The van der Waals surface area contributed by atoms with Crippen LogP contribution >= 0.6 is 11.6 Å². The van der Waals surface area contributed by atoms with Gasteiger partial charge in [0.1, 0.15) is 6.04 Å². The quantitative estimate of drug-likeness (QED) is 0.460. The molecular weight excluding hydrogens is 384 g/mol. The van der Waals surface area contributed by atoms with Crippen molar-refractivity contribution in [3.63, 3.8) is 0 Å². The topological polar surface area (TPSA) is 108 Å². The van der Waals surface area contributed by atoms with Gasteiger partial charge in [-0.3, -0.25) is 24.2 Å². The van der Waals surface area contributed by atoms with Crippen LogP contribution in [0.15, 0.2) is 0 Å². The van der Waals surface area contributed by atoms with Gasteiger partial charge in [0, 0.05) is 25.9 Å². The van der Waals surface area contributed by atoms with E-state index in [1.165, 1.54) is 5.01 Å². The third kappa shape index (κ3) is 7.75. The number of alkyl halides is 1. The summed E-state index contributed by atoms with van der Waals surface area (Å²) in [6, 6.07) is -1.38. The molecule has 0 aliphatic carbocycles. The molecule has 3 N–H and O–H groups in total. The molecule has 1 heterocycles. The molecule has 0 aromatic carbocycles. The summed E-state index contributed by atoms with van der Waals surface area (Å²) in [7, 11) is 0. The van der Waals surface area contributed by atoms with Crippen molar-refractivity contribution in [1.29, 1.82) is 0 Å². The lowest BCUT2D eigenvalue weighted by Crippen LogP contribution is -2.61. The van der Waals surface area contributed by atoms with Crippen molar-refractivity contribution < 1.29 is 19.2 Å². The third-order valence-electron chi connectivity index (χ3n) is 4.52. The van der Waals surface area contributed by atoms with E-state index in [1.54, 1.807) is 0 Å². The standard InChI is InChI=1S/C19H33ClN4O4/c1-12(2)10-16(26)21-9-7-17(27)24-14(6-5-8-22-24)19(28)23-18(13(3)4)15(25)11-20/h12-14,18,22H,5-11H2,1-4H3,(H,21,26)(H,23,28). The fraction of sp³-hybridized carbons (Fsp3) is 0.789. The monoisotopic (exact) mass is 416 g/mol. The number of hydrogen-bond acceptors (Lipinski definition) is 5. The smallest absolute Gasteiger partial charge is 0.245 e. The summed E-state index contributed by atoms with van der Waals surface area (Å²) in [4.78, 5) is 49.0. The van der Waals surface area contributed by atoms with Gasteiger partial charge in [-0.05, 0) is 24.7 Å². The fourth-order valence-electron chi connectivity index (χ4n) is 3.07. The molecule has 0 bridgehead atoms. The first-order chi connectivity index (χ1) is 13.2. The number of carbonyl (C=O) groups is 4. The van der Waals surface area contributed by atoms with Gasteiger partial charge in [0.15, 0.2) is 5.78 Å². The van der Waals surface area contributed by atoms with Crippen molar-refractivity contribution >= 4 is 35.1 Å². The van der Waals surface area contributed by atoms with Gasteiger partial charge >= 0.3 is 0 Å². The van der Waals surface area contributed by atoms with E-state index in [9.17, 15) is 19.2 Å². The van der Waals surface area contributed by atoms with E-state index in [1.807, 2.05) is 27.7 Å². The first-order valence-corrected chi connectivity index (χ1v) is 10.4. The number of Topliss-reactive ketones (excluding diaryl/α,β-unsaturated/α-hetero) is 1. The molecule has 3 amide bonds. The summed E-state index contributed by atoms with van der Waals surface area (Å²) < 4.78 is 0. The number of rotatable bonds is 10.